The van der Waals surface area contributed by atoms with Crippen molar-refractivity contribution >= 4 is 39.0 Å². The van der Waals surface area contributed by atoms with Gasteiger partial charge >= 0.3 is 0 Å². The van der Waals surface area contributed by atoms with Crippen LogP contribution in [0.1, 0.15) is 43.5 Å². The molecule has 5 heteroatoms. The first-order chi connectivity index (χ1) is 11.0. The Morgan fingerprint density at radius 2 is 2.00 bits per heavy atom. The number of aldehydes is 1. The fourth-order valence-corrected chi connectivity index (χ4v) is 4.02. The number of piperidine rings is 1. The lowest BCUT2D eigenvalue weighted by atomic mass is 9.97. The predicted molar refractivity (Wildman–Crippen MR) is 94.6 cm³/mol. The first kappa shape index (κ1) is 16.2. The summed E-state index contributed by atoms with van der Waals surface area (Å²) in [7, 11) is 0. The van der Waals surface area contributed by atoms with Crippen LogP contribution in [0.2, 0.25) is 0 Å². The normalized spacial score (nSPS) is 21.6. The number of amides is 1. The average molecular weight is 377 g/mol. The number of nitrogens with zero attached hydrogens (tertiary/aromatic N) is 2. The number of benzene rings is 1. The largest absolute Gasteiger partial charge is 0.337 e. The number of rotatable bonds is 3. The summed E-state index contributed by atoms with van der Waals surface area (Å²) in [5.41, 5.74) is 1.54. The minimum atomic E-state index is 0.127. The molecule has 3 rings (SSSR count). The monoisotopic (exact) mass is 376 g/mol. The molecule has 1 saturated heterocycles. The lowest BCUT2D eigenvalue weighted by molar-refractivity contribution is -0.137. The van der Waals surface area contributed by atoms with E-state index in [0.717, 1.165) is 34.5 Å². The summed E-state index contributed by atoms with van der Waals surface area (Å²) in [6, 6.07) is 6.37. The zero-order chi connectivity index (χ0) is 16.6. The molecule has 0 N–H and O–H groups in total. The highest BCUT2D eigenvalue weighted by Gasteiger charge is 2.29. The van der Waals surface area contributed by atoms with Crippen molar-refractivity contribution in [1.82, 2.24) is 9.47 Å². The van der Waals surface area contributed by atoms with E-state index in [-0.39, 0.29) is 24.5 Å². The highest BCUT2D eigenvalue weighted by atomic mass is 79.9. The van der Waals surface area contributed by atoms with Crippen molar-refractivity contribution < 1.29 is 9.59 Å². The second-order valence-corrected chi connectivity index (χ2v) is 7.34. The van der Waals surface area contributed by atoms with Gasteiger partial charge in [0, 0.05) is 39.2 Å². The second-order valence-electron chi connectivity index (χ2n) is 6.42. The molecule has 1 aliphatic rings. The molecule has 1 aromatic carbocycles. The Hall–Kier alpha value is -1.62. The topological polar surface area (TPSA) is 42.3 Å². The Balaban J connectivity index is 1.92. The minimum absolute atomic E-state index is 0.127. The number of hydrogen-bond donors (Lipinski definition) is 0. The number of carbonyl (C=O) groups excluding carboxylic acids is 2. The molecular weight excluding hydrogens is 356 g/mol. The Labute approximate surface area is 144 Å². The van der Waals surface area contributed by atoms with Crippen LogP contribution in [-0.4, -0.2) is 33.7 Å². The van der Waals surface area contributed by atoms with E-state index in [0.29, 0.717) is 5.56 Å². The molecule has 23 heavy (non-hydrogen) atoms. The fourth-order valence-electron chi connectivity index (χ4n) is 3.66. The summed E-state index contributed by atoms with van der Waals surface area (Å²) in [6.07, 6.45) is 5.94. The summed E-state index contributed by atoms with van der Waals surface area (Å²) < 4.78 is 2.82. The van der Waals surface area contributed by atoms with Gasteiger partial charge in [-0.05, 0) is 51.3 Å². The number of aromatic nitrogens is 1. The number of fused-ring (bicyclic) bond motifs is 1. The number of likely N-dealkylation sites (tertiary alicyclic amines) is 1. The standard InChI is InChI=1S/C18H21BrN2O2/c1-12-4-3-5-13(2)21(12)18(23)10-20-9-14(11-22)16-8-15(19)6-7-17(16)20/h6-9,11-13H,3-5,10H2,1-2H3/t12-,13-/m1/s1. The molecule has 2 heterocycles. The van der Waals surface area contributed by atoms with Gasteiger partial charge in [-0.2, -0.15) is 0 Å². The molecule has 0 saturated carbocycles. The summed E-state index contributed by atoms with van der Waals surface area (Å²) >= 11 is 3.43. The summed E-state index contributed by atoms with van der Waals surface area (Å²) in [4.78, 5) is 26.1. The molecule has 0 spiro atoms. The van der Waals surface area contributed by atoms with Crippen LogP contribution in [0, 0.1) is 0 Å². The summed E-state index contributed by atoms with van der Waals surface area (Å²) in [6.45, 7) is 4.52. The van der Waals surface area contributed by atoms with Gasteiger partial charge in [-0.1, -0.05) is 15.9 Å². The first-order valence-electron chi connectivity index (χ1n) is 8.06. The fraction of sp³-hybridized carbons (Fsp3) is 0.444. The SMILES string of the molecule is C[C@@H]1CCC[C@@H](C)N1C(=O)Cn1cc(C=O)c2cc(Br)ccc21. The van der Waals surface area contributed by atoms with E-state index < -0.39 is 0 Å². The van der Waals surface area contributed by atoms with Gasteiger partial charge in [0.2, 0.25) is 5.91 Å². The Morgan fingerprint density at radius 3 is 2.65 bits per heavy atom. The second kappa shape index (κ2) is 6.48. The van der Waals surface area contributed by atoms with Crippen LogP contribution in [-0.2, 0) is 11.3 Å². The Bertz CT molecular complexity index is 743. The lowest BCUT2D eigenvalue weighted by Crippen LogP contribution is -2.48. The molecule has 4 nitrogen and oxygen atoms in total. The molecule has 2 aromatic rings. The van der Waals surface area contributed by atoms with Crippen molar-refractivity contribution in [3.05, 3.63) is 34.4 Å². The summed E-state index contributed by atoms with van der Waals surface area (Å²) in [5, 5.41) is 0.877. The van der Waals surface area contributed by atoms with Crippen molar-refractivity contribution in [2.45, 2.75) is 51.7 Å². The smallest absolute Gasteiger partial charge is 0.242 e. The van der Waals surface area contributed by atoms with Crippen LogP contribution in [0.3, 0.4) is 0 Å². The first-order valence-corrected chi connectivity index (χ1v) is 8.85. The Kier molecular flexibility index (Phi) is 4.57. The third-order valence-corrected chi connectivity index (χ3v) is 5.28. The molecule has 1 amide bonds. The zero-order valence-corrected chi connectivity index (χ0v) is 15.0. The van der Waals surface area contributed by atoms with E-state index in [4.69, 9.17) is 0 Å². The molecule has 0 radical (unpaired) electrons. The minimum Gasteiger partial charge on any atom is -0.337 e. The van der Waals surface area contributed by atoms with E-state index in [1.165, 1.54) is 6.42 Å². The number of hydrogen-bond acceptors (Lipinski definition) is 2. The average Bonchev–Trinajstić information content (AvgIpc) is 2.84. The predicted octanol–water partition coefficient (Wildman–Crippen LogP) is 4.01. The van der Waals surface area contributed by atoms with E-state index >= 15 is 0 Å². The number of halogens is 1. The molecular formula is C18H21BrN2O2. The van der Waals surface area contributed by atoms with Crippen molar-refractivity contribution in [3.63, 3.8) is 0 Å². The van der Waals surface area contributed by atoms with E-state index in [1.54, 1.807) is 6.20 Å². The number of carbonyl (C=O) groups is 2. The van der Waals surface area contributed by atoms with Gasteiger partial charge < -0.3 is 9.47 Å². The molecule has 0 aliphatic carbocycles. The van der Waals surface area contributed by atoms with Crippen LogP contribution in [0.25, 0.3) is 10.9 Å². The molecule has 1 fully saturated rings. The molecule has 122 valence electrons. The molecule has 2 atom stereocenters. The lowest BCUT2D eigenvalue weighted by Gasteiger charge is -2.39. The molecule has 1 aromatic heterocycles. The van der Waals surface area contributed by atoms with E-state index in [2.05, 4.69) is 29.8 Å². The molecule has 1 aliphatic heterocycles. The van der Waals surface area contributed by atoms with Crippen LogP contribution >= 0.6 is 15.9 Å². The van der Waals surface area contributed by atoms with E-state index in [1.807, 2.05) is 27.7 Å². The van der Waals surface area contributed by atoms with Crippen LogP contribution < -0.4 is 0 Å². The van der Waals surface area contributed by atoms with Crippen LogP contribution in [0.4, 0.5) is 0 Å². The van der Waals surface area contributed by atoms with Gasteiger partial charge in [-0.25, -0.2) is 0 Å². The van der Waals surface area contributed by atoms with Gasteiger partial charge in [-0.15, -0.1) is 0 Å². The molecule has 0 unspecified atom stereocenters. The quantitative estimate of drug-likeness (QED) is 0.759. The van der Waals surface area contributed by atoms with Crippen molar-refractivity contribution in [3.8, 4) is 0 Å². The van der Waals surface area contributed by atoms with Gasteiger partial charge in [-0.3, -0.25) is 9.59 Å². The van der Waals surface area contributed by atoms with Crippen molar-refractivity contribution in [1.29, 1.82) is 0 Å². The maximum absolute atomic E-state index is 12.8. The van der Waals surface area contributed by atoms with Gasteiger partial charge in [0.15, 0.2) is 6.29 Å². The zero-order valence-electron chi connectivity index (χ0n) is 13.5. The van der Waals surface area contributed by atoms with Gasteiger partial charge in [0.1, 0.15) is 6.54 Å². The third kappa shape index (κ3) is 3.07. The van der Waals surface area contributed by atoms with Gasteiger partial charge in [0.25, 0.3) is 0 Å². The molecule has 0 bridgehead atoms. The highest BCUT2D eigenvalue weighted by Crippen LogP contribution is 2.26. The van der Waals surface area contributed by atoms with Crippen molar-refractivity contribution in [2.75, 3.05) is 0 Å². The maximum Gasteiger partial charge on any atom is 0.242 e. The van der Waals surface area contributed by atoms with Crippen LogP contribution in [0.15, 0.2) is 28.9 Å². The van der Waals surface area contributed by atoms with Crippen LogP contribution in [0.5, 0.6) is 0 Å². The van der Waals surface area contributed by atoms with Gasteiger partial charge in [0.05, 0.1) is 0 Å². The highest BCUT2D eigenvalue weighted by molar-refractivity contribution is 9.10. The van der Waals surface area contributed by atoms with Crippen molar-refractivity contribution in [2.24, 2.45) is 0 Å². The third-order valence-electron chi connectivity index (χ3n) is 4.79. The van der Waals surface area contributed by atoms with E-state index in [9.17, 15) is 9.59 Å². The Morgan fingerprint density at radius 1 is 1.30 bits per heavy atom. The maximum atomic E-state index is 12.8. The summed E-state index contributed by atoms with van der Waals surface area (Å²) in [5.74, 6) is 0.127.